The molecule has 0 atom stereocenters. The van der Waals surface area contributed by atoms with Gasteiger partial charge >= 0.3 is 0 Å². The molecule has 0 spiro atoms. The predicted octanol–water partition coefficient (Wildman–Crippen LogP) is 11.6. The second-order valence-corrected chi connectivity index (χ2v) is 20.1. The van der Waals surface area contributed by atoms with Crippen molar-refractivity contribution in [3.8, 4) is 0 Å². The molecule has 0 saturated carbocycles. The van der Waals surface area contributed by atoms with Gasteiger partial charge in [-0.1, -0.05) is 166 Å². The van der Waals surface area contributed by atoms with Crippen LogP contribution in [0, 0.1) is 0 Å². The van der Waals surface area contributed by atoms with Gasteiger partial charge in [0.2, 0.25) is 0 Å². The lowest BCUT2D eigenvalue weighted by molar-refractivity contribution is 0.125. The van der Waals surface area contributed by atoms with Crippen LogP contribution in [0.25, 0.3) is 0 Å². The minimum absolute atomic E-state index is 0.978. The number of ether oxygens (including phenoxy) is 1. The van der Waals surface area contributed by atoms with Crippen LogP contribution < -0.4 is 0 Å². The minimum atomic E-state index is 0.978. The van der Waals surface area contributed by atoms with E-state index >= 15 is 0 Å². The molecule has 0 fully saturated rings. The van der Waals surface area contributed by atoms with Crippen LogP contribution in [0.2, 0.25) is 5.16 Å². The van der Waals surface area contributed by atoms with Crippen molar-refractivity contribution in [3.63, 3.8) is 0 Å². The summed E-state index contributed by atoms with van der Waals surface area (Å²) in [5, 5.41) is 1.11. The lowest BCUT2D eigenvalue weighted by atomic mass is 10.1. The molecule has 0 radical (unpaired) electrons. The molecular formula is C38H80OSi2. The Bertz CT molecular complexity index is 446. The van der Waals surface area contributed by atoms with Crippen molar-refractivity contribution in [1.82, 2.24) is 0 Å². The Labute approximate surface area is 267 Å². The van der Waals surface area contributed by atoms with Crippen LogP contribution in [-0.4, -0.2) is 33.7 Å². The summed E-state index contributed by atoms with van der Waals surface area (Å²) in [5.41, 5.74) is 0. The van der Waals surface area contributed by atoms with Gasteiger partial charge in [-0.15, -0.1) is 0 Å². The summed E-state index contributed by atoms with van der Waals surface area (Å²) in [5.74, 6) is 0. The maximum atomic E-state index is 5.85. The Morgan fingerprint density at radius 1 is 0.390 bits per heavy atom. The van der Waals surface area contributed by atoms with E-state index in [2.05, 4.69) is 45.1 Å². The summed E-state index contributed by atoms with van der Waals surface area (Å²) in [7, 11) is 2.82. The maximum Gasteiger partial charge on any atom is 0.0466 e. The zero-order chi connectivity index (χ0) is 30.3. The summed E-state index contributed by atoms with van der Waals surface area (Å²) in [6, 6.07) is 0. The second kappa shape index (κ2) is 42.0. The van der Waals surface area contributed by atoms with Crippen molar-refractivity contribution in [2.75, 3.05) is 13.2 Å². The molecule has 0 bridgehead atoms. The molecule has 3 heteroatoms. The molecule has 0 aliphatic rings. The van der Waals surface area contributed by atoms with Crippen molar-refractivity contribution in [2.45, 2.75) is 206 Å². The first-order valence-electron chi connectivity index (χ1n) is 19.0. The van der Waals surface area contributed by atoms with Crippen LogP contribution in [0.3, 0.4) is 0 Å². The van der Waals surface area contributed by atoms with Gasteiger partial charge in [0.15, 0.2) is 0 Å². The third-order valence-electron chi connectivity index (χ3n) is 7.60. The number of rotatable bonds is 32. The molecule has 0 aromatic carbocycles. The van der Waals surface area contributed by atoms with Gasteiger partial charge in [0.05, 0.1) is 0 Å². The van der Waals surface area contributed by atoms with Crippen LogP contribution in [0.4, 0.5) is 0 Å². The van der Waals surface area contributed by atoms with Crippen LogP contribution >= 0.6 is 0 Å². The normalized spacial score (nSPS) is 12.5. The Morgan fingerprint density at radius 3 is 0.878 bits per heavy atom. The van der Waals surface area contributed by atoms with Crippen molar-refractivity contribution in [3.05, 3.63) is 24.3 Å². The summed E-state index contributed by atoms with van der Waals surface area (Å²) in [6.07, 6.45) is 48.1. The van der Waals surface area contributed by atoms with E-state index in [1.807, 2.05) is 0 Å². The smallest absolute Gasteiger partial charge is 0.0466 e. The zero-order valence-electron chi connectivity index (χ0n) is 29.5. The largest absolute Gasteiger partial charge is 0.381 e. The van der Waals surface area contributed by atoms with E-state index in [1.165, 1.54) is 200 Å². The first-order valence-corrected chi connectivity index (χ1v) is 21.3. The van der Waals surface area contributed by atoms with E-state index in [0.717, 1.165) is 18.4 Å². The highest BCUT2D eigenvalue weighted by Gasteiger charge is 1.95. The van der Waals surface area contributed by atoms with Crippen LogP contribution in [0.1, 0.15) is 201 Å². The molecular weight excluding hydrogens is 529 g/mol. The van der Waals surface area contributed by atoms with E-state index < -0.39 is 0 Å². The van der Waals surface area contributed by atoms with Gasteiger partial charge in [-0.25, -0.2) is 0 Å². The van der Waals surface area contributed by atoms with Gasteiger partial charge in [0, 0.05) is 33.7 Å². The highest BCUT2D eigenvalue weighted by atomic mass is 28.2. The monoisotopic (exact) mass is 609 g/mol. The van der Waals surface area contributed by atoms with Crippen molar-refractivity contribution < 1.29 is 4.74 Å². The average Bonchev–Trinajstić information content (AvgIpc) is 2.95. The molecule has 0 amide bonds. The van der Waals surface area contributed by atoms with Crippen LogP contribution in [0.5, 0.6) is 0 Å². The molecule has 0 aliphatic heterocycles. The molecule has 0 heterocycles. The highest BCUT2D eigenvalue weighted by Crippen LogP contribution is 2.12. The maximum absolute atomic E-state index is 5.85. The molecule has 1 nitrogen and oxygen atoms in total. The second-order valence-electron chi connectivity index (χ2n) is 13.2. The molecule has 0 saturated heterocycles. The van der Waals surface area contributed by atoms with Gasteiger partial charge in [-0.3, -0.25) is 0 Å². The fourth-order valence-corrected chi connectivity index (χ4v) is 5.01. The summed E-state index contributed by atoms with van der Waals surface area (Å²) in [6.45, 7) is 8.83. The standard InChI is InChI=1S/C36H70O.C2H10Si2/c1-3-5-7-9-11-13-15-17-19-21-23-25-27-29-31-33-35-37-36-34-32-30-28-26-24-22-20-18-16-14-12-10-8-6-4-2;1-2(3)4/h17-20H,3-16,21-36H2,1-2H3;2H,1,3-4H3/b19-17-,20-18-;. The average molecular weight is 609 g/mol. The van der Waals surface area contributed by atoms with Gasteiger partial charge in [0.25, 0.3) is 0 Å². The number of allylic oxidation sites excluding steroid dienone is 4. The third-order valence-corrected chi connectivity index (χ3v) is 7.60. The molecule has 41 heavy (non-hydrogen) atoms. The summed E-state index contributed by atoms with van der Waals surface area (Å²) in [4.78, 5) is 0. The molecule has 0 aromatic heterocycles. The predicted molar refractivity (Wildman–Crippen MR) is 199 cm³/mol. The third kappa shape index (κ3) is 49.8. The molecule has 0 N–H and O–H groups in total. The molecule has 0 unspecified atom stereocenters. The van der Waals surface area contributed by atoms with Crippen molar-refractivity contribution >= 4 is 20.5 Å². The van der Waals surface area contributed by atoms with Gasteiger partial charge in [-0.05, 0) is 64.2 Å². The molecule has 0 aliphatic carbocycles. The molecule has 246 valence electrons. The SMILES string of the molecule is CC([SiH3])[SiH3].CCCCCCCC/C=C\CCCCCCCCOCCCCCCCC/C=C\CCCCCCCC. The molecule has 0 aromatic rings. The van der Waals surface area contributed by atoms with E-state index in [4.69, 9.17) is 4.74 Å². The van der Waals surface area contributed by atoms with Crippen molar-refractivity contribution in [1.29, 1.82) is 0 Å². The number of hydrogen-bond acceptors (Lipinski definition) is 1. The topological polar surface area (TPSA) is 9.23 Å². The fourth-order valence-electron chi connectivity index (χ4n) is 5.01. The quantitative estimate of drug-likeness (QED) is 0.0419. The Balaban J connectivity index is 0. The number of unbranched alkanes of at least 4 members (excludes halogenated alkanes) is 24. The van der Waals surface area contributed by atoms with Gasteiger partial charge < -0.3 is 4.74 Å². The van der Waals surface area contributed by atoms with Gasteiger partial charge in [-0.2, -0.15) is 0 Å². The van der Waals surface area contributed by atoms with Gasteiger partial charge in [0.1, 0.15) is 0 Å². The first-order chi connectivity index (χ1) is 20.1. The lowest BCUT2D eigenvalue weighted by Gasteiger charge is -2.05. The summed E-state index contributed by atoms with van der Waals surface area (Å²) < 4.78 is 5.85. The fraction of sp³-hybridized carbons (Fsp3) is 0.895. The first kappa shape index (κ1) is 43.0. The Kier molecular flexibility index (Phi) is 44.1. The van der Waals surface area contributed by atoms with Crippen LogP contribution in [0.15, 0.2) is 24.3 Å². The number of hydrogen-bond donors (Lipinski definition) is 0. The van der Waals surface area contributed by atoms with Crippen LogP contribution in [-0.2, 0) is 4.74 Å². The highest BCUT2D eigenvalue weighted by molar-refractivity contribution is 6.35. The Morgan fingerprint density at radius 2 is 0.610 bits per heavy atom. The minimum Gasteiger partial charge on any atom is -0.381 e. The Hall–Kier alpha value is -0.126. The summed E-state index contributed by atoms with van der Waals surface area (Å²) >= 11 is 0. The van der Waals surface area contributed by atoms with E-state index in [0.29, 0.717) is 0 Å². The zero-order valence-corrected chi connectivity index (χ0v) is 33.5. The van der Waals surface area contributed by atoms with E-state index in [9.17, 15) is 0 Å². The lowest BCUT2D eigenvalue weighted by Crippen LogP contribution is -1.97. The van der Waals surface area contributed by atoms with E-state index in [-0.39, 0.29) is 0 Å². The van der Waals surface area contributed by atoms with E-state index in [1.54, 1.807) is 0 Å². The van der Waals surface area contributed by atoms with Crippen molar-refractivity contribution in [2.24, 2.45) is 0 Å². The molecule has 0 rings (SSSR count).